The molecule has 1 N–H and O–H groups in total. The van der Waals surface area contributed by atoms with E-state index in [0.29, 0.717) is 17.5 Å². The van der Waals surface area contributed by atoms with E-state index in [9.17, 15) is 10.1 Å². The number of nitro groups is 1. The van der Waals surface area contributed by atoms with Gasteiger partial charge in [0.2, 0.25) is 0 Å². The van der Waals surface area contributed by atoms with Gasteiger partial charge in [-0.1, -0.05) is 33.8 Å². The van der Waals surface area contributed by atoms with Crippen LogP contribution in [0.15, 0.2) is 18.2 Å². The minimum Gasteiger partial charge on any atom is -0.377 e. The Morgan fingerprint density at radius 2 is 1.70 bits per heavy atom. The Bertz CT molecular complexity index is 446. The molecule has 0 heterocycles. The maximum absolute atomic E-state index is 11.2. The highest BCUT2D eigenvalue weighted by atomic mass is 16.6. The third kappa shape index (κ3) is 5.19. The summed E-state index contributed by atoms with van der Waals surface area (Å²) < 4.78 is 0. The summed E-state index contributed by atoms with van der Waals surface area (Å²) >= 11 is 0. The second-order valence-corrected chi connectivity index (χ2v) is 6.38. The second-order valence-electron chi connectivity index (χ2n) is 6.38. The molecule has 0 unspecified atom stereocenters. The van der Waals surface area contributed by atoms with Crippen LogP contribution in [0.2, 0.25) is 0 Å². The van der Waals surface area contributed by atoms with Crippen LogP contribution in [-0.4, -0.2) is 11.0 Å². The smallest absolute Gasteiger partial charge is 0.292 e. The van der Waals surface area contributed by atoms with Crippen LogP contribution in [0.5, 0.6) is 0 Å². The molecule has 0 aliphatic rings. The molecule has 1 aromatic carbocycles. The molecular weight excluding hydrogens is 252 g/mol. The van der Waals surface area contributed by atoms with Crippen LogP contribution in [0.1, 0.15) is 46.1 Å². The van der Waals surface area contributed by atoms with Gasteiger partial charge in [0, 0.05) is 12.1 Å². The Kier molecular flexibility index (Phi) is 5.99. The van der Waals surface area contributed by atoms with Crippen LogP contribution in [0.3, 0.4) is 0 Å². The van der Waals surface area contributed by atoms with Gasteiger partial charge in [-0.05, 0) is 43.2 Å². The van der Waals surface area contributed by atoms with Crippen molar-refractivity contribution in [1.29, 1.82) is 0 Å². The quantitative estimate of drug-likeness (QED) is 0.577. The topological polar surface area (TPSA) is 55.2 Å². The third-order valence-corrected chi connectivity index (χ3v) is 3.22. The van der Waals surface area contributed by atoms with Gasteiger partial charge in [0.25, 0.3) is 5.69 Å². The largest absolute Gasteiger partial charge is 0.377 e. The van der Waals surface area contributed by atoms with Crippen LogP contribution in [-0.2, 0) is 0 Å². The minimum atomic E-state index is -0.308. The lowest BCUT2D eigenvalue weighted by Crippen LogP contribution is -2.24. The number of anilines is 1. The van der Waals surface area contributed by atoms with Gasteiger partial charge in [-0.25, -0.2) is 0 Å². The molecule has 1 aromatic rings. The number of hydrogen-bond acceptors (Lipinski definition) is 3. The molecule has 0 atom stereocenters. The van der Waals surface area contributed by atoms with E-state index < -0.39 is 0 Å². The van der Waals surface area contributed by atoms with Gasteiger partial charge in [0.1, 0.15) is 5.69 Å². The summed E-state index contributed by atoms with van der Waals surface area (Å²) in [5.41, 5.74) is 1.71. The summed E-state index contributed by atoms with van der Waals surface area (Å²) in [7, 11) is 0. The monoisotopic (exact) mass is 278 g/mol. The van der Waals surface area contributed by atoms with E-state index in [-0.39, 0.29) is 16.7 Å². The van der Waals surface area contributed by atoms with Gasteiger partial charge in [-0.3, -0.25) is 10.1 Å². The minimum absolute atomic E-state index is 0.169. The number of nitro benzene ring substituents is 1. The molecule has 4 nitrogen and oxygen atoms in total. The number of rotatable bonds is 7. The Morgan fingerprint density at radius 1 is 1.15 bits per heavy atom. The van der Waals surface area contributed by atoms with Gasteiger partial charge in [-0.15, -0.1) is 0 Å². The van der Waals surface area contributed by atoms with Crippen molar-refractivity contribution in [2.24, 2.45) is 11.8 Å². The van der Waals surface area contributed by atoms with E-state index in [2.05, 4.69) is 33.0 Å². The van der Waals surface area contributed by atoms with Crippen molar-refractivity contribution in [3.05, 3.63) is 33.9 Å². The standard InChI is InChI=1S/C16H26N2O2/c1-11(2)8-14(9-12(3)4)17-15-7-6-13(5)10-16(15)18(19)20/h6-7,10-12,14,17H,8-9H2,1-5H3. The zero-order valence-electron chi connectivity index (χ0n) is 13.1. The Labute approximate surface area is 121 Å². The van der Waals surface area contributed by atoms with Crippen molar-refractivity contribution in [3.63, 3.8) is 0 Å². The maximum atomic E-state index is 11.2. The summed E-state index contributed by atoms with van der Waals surface area (Å²) in [6.45, 7) is 10.6. The van der Waals surface area contributed by atoms with Gasteiger partial charge in [0.05, 0.1) is 4.92 Å². The first kappa shape index (κ1) is 16.5. The zero-order chi connectivity index (χ0) is 15.3. The van der Waals surface area contributed by atoms with E-state index in [4.69, 9.17) is 0 Å². The SMILES string of the molecule is Cc1ccc(NC(CC(C)C)CC(C)C)c([N+](=O)[O-])c1. The predicted octanol–water partition coefficient (Wildman–Crippen LogP) is 4.78. The summed E-state index contributed by atoms with van der Waals surface area (Å²) in [6.07, 6.45) is 2.03. The fourth-order valence-electron chi connectivity index (χ4n) is 2.49. The highest BCUT2D eigenvalue weighted by Crippen LogP contribution is 2.28. The first-order chi connectivity index (χ1) is 9.29. The first-order valence-electron chi connectivity index (χ1n) is 7.31. The zero-order valence-corrected chi connectivity index (χ0v) is 13.1. The summed E-state index contributed by atoms with van der Waals surface area (Å²) in [5.74, 6) is 1.13. The van der Waals surface area contributed by atoms with Crippen LogP contribution in [0, 0.1) is 28.9 Å². The van der Waals surface area contributed by atoms with Crippen molar-refractivity contribution in [3.8, 4) is 0 Å². The van der Waals surface area contributed by atoms with Crippen LogP contribution in [0.25, 0.3) is 0 Å². The molecule has 0 saturated carbocycles. The average molecular weight is 278 g/mol. The maximum Gasteiger partial charge on any atom is 0.292 e. The number of nitrogens with zero attached hydrogens (tertiary/aromatic N) is 1. The highest BCUT2D eigenvalue weighted by molar-refractivity contribution is 5.62. The van der Waals surface area contributed by atoms with Gasteiger partial charge in [-0.2, -0.15) is 0 Å². The Morgan fingerprint density at radius 3 is 2.15 bits per heavy atom. The third-order valence-electron chi connectivity index (χ3n) is 3.22. The lowest BCUT2D eigenvalue weighted by molar-refractivity contribution is -0.384. The van der Waals surface area contributed by atoms with Gasteiger partial charge in [0.15, 0.2) is 0 Å². The molecular formula is C16H26N2O2. The lowest BCUT2D eigenvalue weighted by Gasteiger charge is -2.23. The number of aryl methyl sites for hydroxylation is 1. The molecule has 0 aromatic heterocycles. The average Bonchev–Trinajstić information content (AvgIpc) is 2.29. The fourth-order valence-corrected chi connectivity index (χ4v) is 2.49. The van der Waals surface area contributed by atoms with Crippen LogP contribution >= 0.6 is 0 Å². The molecule has 112 valence electrons. The molecule has 0 aliphatic heterocycles. The fraction of sp³-hybridized carbons (Fsp3) is 0.625. The molecule has 0 radical (unpaired) electrons. The molecule has 0 spiro atoms. The Hall–Kier alpha value is -1.58. The van der Waals surface area contributed by atoms with Crippen molar-refractivity contribution in [2.75, 3.05) is 5.32 Å². The second kappa shape index (κ2) is 7.27. The molecule has 0 fully saturated rings. The predicted molar refractivity (Wildman–Crippen MR) is 84.2 cm³/mol. The normalized spacial score (nSPS) is 11.4. The molecule has 4 heteroatoms. The van der Waals surface area contributed by atoms with E-state index >= 15 is 0 Å². The molecule has 1 rings (SSSR count). The van der Waals surface area contributed by atoms with Crippen LogP contribution < -0.4 is 5.32 Å². The number of hydrogen-bond donors (Lipinski definition) is 1. The van der Waals surface area contributed by atoms with Crippen molar-refractivity contribution < 1.29 is 4.92 Å². The van der Waals surface area contributed by atoms with Crippen molar-refractivity contribution in [2.45, 2.75) is 53.5 Å². The Balaban J connectivity index is 2.94. The lowest BCUT2D eigenvalue weighted by atomic mass is 9.95. The number of nitrogens with one attached hydrogen (secondary N) is 1. The summed E-state index contributed by atoms with van der Waals surface area (Å²) in [6, 6.07) is 5.64. The highest BCUT2D eigenvalue weighted by Gasteiger charge is 2.19. The molecule has 0 bridgehead atoms. The molecule has 0 amide bonds. The van der Waals surface area contributed by atoms with Gasteiger partial charge < -0.3 is 5.32 Å². The molecule has 0 aliphatic carbocycles. The molecule has 0 saturated heterocycles. The van der Waals surface area contributed by atoms with Crippen molar-refractivity contribution in [1.82, 2.24) is 0 Å². The first-order valence-corrected chi connectivity index (χ1v) is 7.31. The number of benzene rings is 1. The van der Waals surface area contributed by atoms with E-state index in [1.807, 2.05) is 19.1 Å². The molecule has 20 heavy (non-hydrogen) atoms. The summed E-state index contributed by atoms with van der Waals surface area (Å²) in [5, 5.41) is 14.5. The van der Waals surface area contributed by atoms with E-state index in [0.717, 1.165) is 18.4 Å². The van der Waals surface area contributed by atoms with E-state index in [1.165, 1.54) is 0 Å². The van der Waals surface area contributed by atoms with Gasteiger partial charge >= 0.3 is 0 Å². The summed E-state index contributed by atoms with van der Waals surface area (Å²) in [4.78, 5) is 10.9. The van der Waals surface area contributed by atoms with E-state index in [1.54, 1.807) is 6.07 Å². The van der Waals surface area contributed by atoms with Crippen molar-refractivity contribution >= 4 is 11.4 Å². The van der Waals surface area contributed by atoms with Crippen LogP contribution in [0.4, 0.5) is 11.4 Å².